The number of ether oxygens (including phenoxy) is 1. The molecule has 146 valence electrons. The number of aromatic nitrogens is 2. The van der Waals surface area contributed by atoms with Crippen LogP contribution in [0.1, 0.15) is 12.7 Å². The molecule has 0 saturated carbocycles. The lowest BCUT2D eigenvalue weighted by Crippen LogP contribution is -2.31. The SMILES string of the molecule is Cc1nc2ccccc2n1CC(=O)OC(C)C(=O)Nc1cc(Cl)c(Cl)cc1Cl. The number of carbonyl (C=O) groups excluding carboxylic acids is 2. The van der Waals surface area contributed by atoms with Crippen LogP contribution in [0, 0.1) is 6.92 Å². The third kappa shape index (κ3) is 4.41. The molecule has 0 aliphatic carbocycles. The Morgan fingerprint density at radius 3 is 2.57 bits per heavy atom. The van der Waals surface area contributed by atoms with Gasteiger partial charge in [0.25, 0.3) is 5.91 Å². The molecule has 6 nitrogen and oxygen atoms in total. The van der Waals surface area contributed by atoms with Crippen molar-refractivity contribution >= 4 is 63.4 Å². The molecule has 28 heavy (non-hydrogen) atoms. The summed E-state index contributed by atoms with van der Waals surface area (Å²) in [5, 5.41) is 3.31. The first-order valence-corrected chi connectivity index (χ1v) is 9.46. The van der Waals surface area contributed by atoms with E-state index in [1.54, 1.807) is 11.5 Å². The monoisotopic (exact) mass is 439 g/mol. The van der Waals surface area contributed by atoms with E-state index in [9.17, 15) is 9.59 Å². The predicted octanol–water partition coefficient (Wildman–Crippen LogP) is 4.88. The third-order valence-electron chi connectivity index (χ3n) is 4.08. The highest BCUT2D eigenvalue weighted by atomic mass is 35.5. The zero-order valence-corrected chi connectivity index (χ0v) is 17.3. The number of rotatable bonds is 5. The van der Waals surface area contributed by atoms with Crippen LogP contribution in [-0.4, -0.2) is 27.5 Å². The second kappa shape index (κ2) is 8.39. The lowest BCUT2D eigenvalue weighted by Gasteiger charge is -2.15. The molecule has 1 N–H and O–H groups in total. The van der Waals surface area contributed by atoms with Gasteiger partial charge in [-0.15, -0.1) is 0 Å². The minimum absolute atomic E-state index is 0.0580. The molecule has 0 radical (unpaired) electrons. The molecule has 0 bridgehead atoms. The van der Waals surface area contributed by atoms with E-state index in [-0.39, 0.29) is 27.3 Å². The minimum atomic E-state index is -1.03. The number of halogens is 3. The quantitative estimate of drug-likeness (QED) is 0.453. The molecule has 9 heteroatoms. The number of hydrogen-bond acceptors (Lipinski definition) is 4. The molecule has 0 fully saturated rings. The summed E-state index contributed by atoms with van der Waals surface area (Å²) in [5.41, 5.74) is 1.88. The van der Waals surface area contributed by atoms with Crippen LogP contribution in [0.5, 0.6) is 0 Å². The van der Waals surface area contributed by atoms with Crippen molar-refractivity contribution in [3.8, 4) is 0 Å². The molecule has 0 saturated heterocycles. The highest BCUT2D eigenvalue weighted by Gasteiger charge is 2.20. The minimum Gasteiger partial charge on any atom is -0.451 e. The molecular formula is C19H16Cl3N3O3. The number of amides is 1. The van der Waals surface area contributed by atoms with Gasteiger partial charge in [-0.05, 0) is 38.1 Å². The van der Waals surface area contributed by atoms with Gasteiger partial charge in [0.1, 0.15) is 12.4 Å². The fourth-order valence-electron chi connectivity index (χ4n) is 2.67. The molecule has 0 spiro atoms. The van der Waals surface area contributed by atoms with E-state index in [1.807, 2.05) is 24.3 Å². The zero-order chi connectivity index (χ0) is 20.4. The Bertz CT molecular complexity index is 1070. The molecule has 1 atom stereocenters. The number of nitrogens with zero attached hydrogens (tertiary/aromatic N) is 2. The Labute approximate surface area is 176 Å². The molecule has 1 amide bonds. The summed E-state index contributed by atoms with van der Waals surface area (Å²) in [4.78, 5) is 29.1. The molecule has 0 aliphatic heterocycles. The van der Waals surface area contributed by atoms with Crippen molar-refractivity contribution in [3.63, 3.8) is 0 Å². The second-order valence-electron chi connectivity index (χ2n) is 6.10. The predicted molar refractivity (Wildman–Crippen MR) is 110 cm³/mol. The van der Waals surface area contributed by atoms with Gasteiger partial charge in [-0.1, -0.05) is 46.9 Å². The Kier molecular flexibility index (Phi) is 6.13. The van der Waals surface area contributed by atoms with Gasteiger partial charge in [-0.2, -0.15) is 0 Å². The van der Waals surface area contributed by atoms with Crippen LogP contribution in [0.3, 0.4) is 0 Å². The summed E-state index contributed by atoms with van der Waals surface area (Å²) in [6.45, 7) is 3.21. The average molecular weight is 441 g/mol. The maximum atomic E-state index is 12.3. The number of fused-ring (bicyclic) bond motifs is 1. The van der Waals surface area contributed by atoms with Crippen LogP contribution in [0.4, 0.5) is 5.69 Å². The summed E-state index contributed by atoms with van der Waals surface area (Å²) in [5.74, 6) is -0.423. The standard InChI is InChI=1S/C19H16Cl3N3O3/c1-10(19(27)24-16-8-13(21)12(20)7-14(16)22)28-18(26)9-25-11(2)23-15-5-3-4-6-17(15)25/h3-8,10H,9H2,1-2H3,(H,24,27). The smallest absolute Gasteiger partial charge is 0.326 e. The van der Waals surface area contributed by atoms with E-state index < -0.39 is 18.0 Å². The number of nitrogens with one attached hydrogen (secondary N) is 1. The first kappa shape index (κ1) is 20.5. The summed E-state index contributed by atoms with van der Waals surface area (Å²) >= 11 is 17.9. The van der Waals surface area contributed by atoms with Gasteiger partial charge in [0.2, 0.25) is 0 Å². The number of imidazole rings is 1. The number of anilines is 1. The van der Waals surface area contributed by atoms with Gasteiger partial charge in [-0.25, -0.2) is 4.98 Å². The van der Waals surface area contributed by atoms with Crippen LogP contribution in [-0.2, 0) is 20.9 Å². The van der Waals surface area contributed by atoms with E-state index in [0.29, 0.717) is 5.82 Å². The maximum absolute atomic E-state index is 12.3. The number of carbonyl (C=O) groups is 2. The van der Waals surface area contributed by atoms with Crippen LogP contribution < -0.4 is 5.32 Å². The van der Waals surface area contributed by atoms with Gasteiger partial charge >= 0.3 is 5.97 Å². The van der Waals surface area contributed by atoms with Crippen molar-refractivity contribution < 1.29 is 14.3 Å². The van der Waals surface area contributed by atoms with Crippen LogP contribution in [0.25, 0.3) is 11.0 Å². The molecule has 1 aromatic heterocycles. The topological polar surface area (TPSA) is 73.2 Å². The summed E-state index contributed by atoms with van der Waals surface area (Å²) in [6.07, 6.45) is -1.03. The van der Waals surface area contributed by atoms with E-state index in [1.165, 1.54) is 19.1 Å². The van der Waals surface area contributed by atoms with Gasteiger partial charge in [0.15, 0.2) is 6.10 Å². The Hall–Kier alpha value is -2.28. The average Bonchev–Trinajstić information content (AvgIpc) is 2.95. The molecule has 0 aliphatic rings. The summed E-state index contributed by atoms with van der Waals surface area (Å²) in [7, 11) is 0. The van der Waals surface area contributed by atoms with Gasteiger partial charge in [0.05, 0.1) is 31.8 Å². The number of para-hydroxylation sites is 2. The number of esters is 1. The Morgan fingerprint density at radius 2 is 1.82 bits per heavy atom. The lowest BCUT2D eigenvalue weighted by molar-refractivity contribution is -0.153. The van der Waals surface area contributed by atoms with Crippen molar-refractivity contribution in [1.29, 1.82) is 0 Å². The van der Waals surface area contributed by atoms with E-state index in [4.69, 9.17) is 39.5 Å². The van der Waals surface area contributed by atoms with Crippen LogP contribution >= 0.6 is 34.8 Å². The Morgan fingerprint density at radius 1 is 1.14 bits per heavy atom. The van der Waals surface area contributed by atoms with E-state index >= 15 is 0 Å². The van der Waals surface area contributed by atoms with E-state index in [0.717, 1.165) is 11.0 Å². The number of hydrogen-bond donors (Lipinski definition) is 1. The van der Waals surface area contributed by atoms with Crippen LogP contribution in [0.2, 0.25) is 15.1 Å². The normalized spacial score (nSPS) is 12.0. The number of benzene rings is 2. The molecule has 2 aromatic carbocycles. The molecule has 3 rings (SSSR count). The van der Waals surface area contributed by atoms with Crippen molar-refractivity contribution in [2.24, 2.45) is 0 Å². The zero-order valence-electron chi connectivity index (χ0n) is 15.0. The number of aryl methyl sites for hydroxylation is 1. The van der Waals surface area contributed by atoms with E-state index in [2.05, 4.69) is 10.3 Å². The summed E-state index contributed by atoms with van der Waals surface area (Å²) in [6, 6.07) is 10.3. The maximum Gasteiger partial charge on any atom is 0.326 e. The lowest BCUT2D eigenvalue weighted by atomic mass is 10.3. The molecule has 1 heterocycles. The fraction of sp³-hybridized carbons (Fsp3) is 0.211. The van der Waals surface area contributed by atoms with Crippen molar-refractivity contribution in [1.82, 2.24) is 9.55 Å². The first-order chi connectivity index (χ1) is 13.3. The summed E-state index contributed by atoms with van der Waals surface area (Å²) < 4.78 is 6.99. The van der Waals surface area contributed by atoms with Crippen molar-refractivity contribution in [2.75, 3.05) is 5.32 Å². The largest absolute Gasteiger partial charge is 0.451 e. The first-order valence-electron chi connectivity index (χ1n) is 8.33. The Balaban J connectivity index is 1.66. The third-order valence-corrected chi connectivity index (χ3v) is 5.11. The van der Waals surface area contributed by atoms with Gasteiger partial charge in [0, 0.05) is 0 Å². The van der Waals surface area contributed by atoms with Crippen LogP contribution in [0.15, 0.2) is 36.4 Å². The molecule has 1 unspecified atom stereocenters. The highest BCUT2D eigenvalue weighted by molar-refractivity contribution is 6.44. The van der Waals surface area contributed by atoms with Gasteiger partial charge < -0.3 is 14.6 Å². The molecule has 3 aromatic rings. The highest BCUT2D eigenvalue weighted by Crippen LogP contribution is 2.32. The molecular weight excluding hydrogens is 425 g/mol. The fourth-order valence-corrected chi connectivity index (χ4v) is 3.26. The second-order valence-corrected chi connectivity index (χ2v) is 7.32. The van der Waals surface area contributed by atoms with Gasteiger partial charge in [-0.3, -0.25) is 9.59 Å². The van der Waals surface area contributed by atoms with Crippen molar-refractivity contribution in [2.45, 2.75) is 26.5 Å². The van der Waals surface area contributed by atoms with Crippen molar-refractivity contribution in [3.05, 3.63) is 57.3 Å².